The lowest BCUT2D eigenvalue weighted by atomic mass is 9.98. The van der Waals surface area contributed by atoms with Crippen molar-refractivity contribution in [1.82, 2.24) is 49.9 Å². The number of benzene rings is 2. The second-order valence-electron chi connectivity index (χ2n) is 18.4. The van der Waals surface area contributed by atoms with Crippen LogP contribution in [0.15, 0.2) is 55.0 Å². The summed E-state index contributed by atoms with van der Waals surface area (Å²) in [6.45, 7) is 11.2. The molecular weight excluding hydrogens is 889 g/mol. The molecule has 4 amide bonds. The Kier molecular flexibility index (Phi) is 13.0. The average Bonchev–Trinajstić information content (AvgIpc) is 4.19. The highest BCUT2D eigenvalue weighted by Gasteiger charge is 2.40. The molecule has 0 radical (unpaired) electrons. The van der Waals surface area contributed by atoms with Gasteiger partial charge in [-0.25, -0.2) is 24.5 Å². The normalized spacial score (nSPS) is 18.6. The SMILES string of the molecule is COCc1cnc(C2Oc3cc(-c4cnc([C@@H]5CCCN5C(=O)[C@@H](NC(=O)OC)C(C)C)[nH]4)cc(C)c3-c3cc4cc(-c5cnc([C@@H]6CCCN6C(=O)[C@@H](NC(=O)OC)C(C)C)[nH]5)ccc4n32)s1. The minimum absolute atomic E-state index is 0.137. The van der Waals surface area contributed by atoms with Crippen molar-refractivity contribution in [2.24, 2.45) is 11.8 Å². The Morgan fingerprint density at radius 1 is 0.779 bits per heavy atom. The molecule has 0 saturated carbocycles. The first-order valence-corrected chi connectivity index (χ1v) is 23.9. The molecule has 4 N–H and O–H groups in total. The largest absolute Gasteiger partial charge is 0.463 e. The lowest BCUT2D eigenvalue weighted by Gasteiger charge is -2.30. The molecule has 68 heavy (non-hydrogen) atoms. The number of nitrogens with one attached hydrogen (secondary N) is 4. The van der Waals surface area contributed by atoms with Crippen LogP contribution in [0.4, 0.5) is 9.59 Å². The highest BCUT2D eigenvalue weighted by molar-refractivity contribution is 7.11. The number of likely N-dealkylation sites (tertiary alicyclic amines) is 2. The van der Waals surface area contributed by atoms with E-state index < -0.39 is 30.5 Å². The molecule has 3 aliphatic heterocycles. The van der Waals surface area contributed by atoms with Gasteiger partial charge < -0.3 is 49.3 Å². The smallest absolute Gasteiger partial charge is 0.407 e. The topological polar surface area (TPSA) is 211 Å². The molecule has 9 rings (SSSR count). The number of carbonyl (C=O) groups is 4. The Labute approximate surface area is 398 Å². The van der Waals surface area contributed by atoms with E-state index in [2.05, 4.69) is 62.4 Å². The molecule has 3 aliphatic rings. The third-order valence-corrected chi connectivity index (χ3v) is 14.2. The maximum absolute atomic E-state index is 13.9. The van der Waals surface area contributed by atoms with Gasteiger partial charge in [-0.2, -0.15) is 0 Å². The zero-order chi connectivity index (χ0) is 48.0. The first-order chi connectivity index (χ1) is 32.8. The van der Waals surface area contributed by atoms with Gasteiger partial charge in [-0.15, -0.1) is 11.3 Å². The Bertz CT molecular complexity index is 2860. The Hall–Kier alpha value is -6.73. The lowest BCUT2D eigenvalue weighted by molar-refractivity contribution is -0.136. The van der Waals surface area contributed by atoms with E-state index in [-0.39, 0.29) is 35.7 Å². The van der Waals surface area contributed by atoms with E-state index >= 15 is 0 Å². The molecule has 358 valence electrons. The predicted molar refractivity (Wildman–Crippen MR) is 255 cm³/mol. The van der Waals surface area contributed by atoms with Crippen LogP contribution >= 0.6 is 11.3 Å². The zero-order valence-electron chi connectivity index (χ0n) is 39.5. The number of imidazole rings is 2. The standard InChI is InChI=1S/C49H58N10O8S/c1-25(2)40(55-48(62)65-7)45(60)57-15-9-11-35(57)42-50-22-32(53-42)28-13-14-34-30(18-28)19-37-39-27(5)17-29(20-38(39)67-47(59(34)37)44-52-21-31(68-44)24-64-6)33-23-51-43(54-33)36-12-10-16-58(36)46(61)41(26(3)4)56-49(63)66-8/h13-14,17-23,25-26,35-36,40-41,47H,9-12,15-16,24H2,1-8H3,(H,50,53)(H,51,54)(H,55,62)(H,56,63)/t35-,36-,40-,41-,47?/m0/s1. The van der Waals surface area contributed by atoms with Gasteiger partial charge in [0.25, 0.3) is 0 Å². The van der Waals surface area contributed by atoms with Gasteiger partial charge in [0.2, 0.25) is 18.0 Å². The number of rotatable bonds is 13. The summed E-state index contributed by atoms with van der Waals surface area (Å²) >= 11 is 1.54. The monoisotopic (exact) mass is 946 g/mol. The number of fused-ring (bicyclic) bond motifs is 5. The third kappa shape index (κ3) is 8.68. The van der Waals surface area contributed by atoms with Gasteiger partial charge in [0.15, 0.2) is 5.01 Å². The van der Waals surface area contributed by atoms with Crippen LogP contribution in [0.1, 0.15) is 98.8 Å². The van der Waals surface area contributed by atoms with Crippen LogP contribution < -0.4 is 15.4 Å². The molecule has 0 bridgehead atoms. The number of aromatic amines is 2. The van der Waals surface area contributed by atoms with E-state index in [1.807, 2.05) is 51.1 Å². The summed E-state index contributed by atoms with van der Waals surface area (Å²) in [4.78, 5) is 78.0. The fraction of sp³-hybridized carbons (Fsp3) is 0.449. The number of aromatic nitrogens is 6. The summed E-state index contributed by atoms with van der Waals surface area (Å²) in [6.07, 6.45) is 6.69. The maximum atomic E-state index is 13.9. The van der Waals surface area contributed by atoms with E-state index in [0.717, 1.165) is 85.8 Å². The van der Waals surface area contributed by atoms with Gasteiger partial charge in [0.05, 0.1) is 72.8 Å². The summed E-state index contributed by atoms with van der Waals surface area (Å²) < 4.78 is 24.3. The van der Waals surface area contributed by atoms with Crippen LogP contribution in [0.3, 0.4) is 0 Å². The van der Waals surface area contributed by atoms with Crippen LogP contribution in [0.5, 0.6) is 5.75 Å². The Morgan fingerprint density at radius 3 is 1.93 bits per heavy atom. The van der Waals surface area contributed by atoms with Gasteiger partial charge in [0.1, 0.15) is 29.5 Å². The van der Waals surface area contributed by atoms with Crippen molar-refractivity contribution in [3.63, 3.8) is 0 Å². The molecular formula is C49H58N10O8S. The molecule has 2 fully saturated rings. The van der Waals surface area contributed by atoms with Gasteiger partial charge in [-0.3, -0.25) is 14.2 Å². The minimum Gasteiger partial charge on any atom is -0.463 e. The highest BCUT2D eigenvalue weighted by Crippen LogP contribution is 2.48. The lowest BCUT2D eigenvalue weighted by Crippen LogP contribution is -2.51. The van der Waals surface area contributed by atoms with Crippen LogP contribution in [-0.2, 0) is 30.4 Å². The van der Waals surface area contributed by atoms with E-state index in [4.69, 9.17) is 33.9 Å². The Morgan fingerprint density at radius 2 is 1.37 bits per heavy atom. The summed E-state index contributed by atoms with van der Waals surface area (Å²) in [5, 5.41) is 7.21. The first kappa shape index (κ1) is 46.4. The fourth-order valence-electron chi connectivity index (χ4n) is 9.85. The van der Waals surface area contributed by atoms with Crippen LogP contribution in [-0.4, -0.2) is 110 Å². The number of nitrogens with zero attached hydrogens (tertiary/aromatic N) is 6. The second-order valence-corrected chi connectivity index (χ2v) is 19.5. The van der Waals surface area contributed by atoms with Gasteiger partial charge in [0, 0.05) is 48.5 Å². The molecule has 1 unspecified atom stereocenters. The molecule has 18 nitrogen and oxygen atoms in total. The number of hydrogen-bond acceptors (Lipinski definition) is 12. The molecule has 2 saturated heterocycles. The maximum Gasteiger partial charge on any atom is 0.407 e. The van der Waals surface area contributed by atoms with Crippen molar-refractivity contribution in [3.8, 4) is 39.5 Å². The van der Waals surface area contributed by atoms with Crippen molar-refractivity contribution < 1.29 is 38.1 Å². The van der Waals surface area contributed by atoms with Gasteiger partial charge in [-0.05, 0) is 80.3 Å². The van der Waals surface area contributed by atoms with Gasteiger partial charge in [-0.1, -0.05) is 33.8 Å². The fourth-order valence-corrected chi connectivity index (χ4v) is 10.8. The number of carbonyl (C=O) groups excluding carboxylic acids is 4. The molecule has 5 atom stereocenters. The summed E-state index contributed by atoms with van der Waals surface area (Å²) in [5.74, 6) is 1.46. The first-order valence-electron chi connectivity index (χ1n) is 23.1. The summed E-state index contributed by atoms with van der Waals surface area (Å²) in [7, 11) is 4.24. The van der Waals surface area contributed by atoms with E-state index in [1.54, 1.807) is 29.5 Å². The molecule has 0 spiro atoms. The number of thiazole rings is 1. The molecule has 19 heteroatoms. The molecule has 6 aromatic rings. The van der Waals surface area contributed by atoms with Crippen molar-refractivity contribution >= 4 is 46.2 Å². The van der Waals surface area contributed by atoms with E-state index in [0.29, 0.717) is 37.1 Å². The van der Waals surface area contributed by atoms with Crippen LogP contribution in [0, 0.1) is 18.8 Å². The molecule has 4 aromatic heterocycles. The van der Waals surface area contributed by atoms with E-state index in [9.17, 15) is 19.2 Å². The summed E-state index contributed by atoms with van der Waals surface area (Å²) in [6, 6.07) is 10.6. The number of H-pyrrole nitrogens is 2. The van der Waals surface area contributed by atoms with Gasteiger partial charge >= 0.3 is 12.2 Å². The number of hydrogen-bond donors (Lipinski definition) is 4. The van der Waals surface area contributed by atoms with Crippen molar-refractivity contribution in [3.05, 3.63) is 82.1 Å². The zero-order valence-corrected chi connectivity index (χ0v) is 40.4. The quantitative estimate of drug-likeness (QED) is 0.0871. The van der Waals surface area contributed by atoms with Crippen molar-refractivity contribution in [1.29, 1.82) is 0 Å². The second kappa shape index (κ2) is 19.1. The Balaban J connectivity index is 1.03. The third-order valence-electron chi connectivity index (χ3n) is 13.2. The minimum atomic E-state index is -0.732. The number of amides is 4. The molecule has 2 aromatic carbocycles. The average molecular weight is 947 g/mol. The molecule has 0 aliphatic carbocycles. The van der Waals surface area contributed by atoms with E-state index in [1.165, 1.54) is 14.2 Å². The highest BCUT2D eigenvalue weighted by atomic mass is 32.1. The van der Waals surface area contributed by atoms with Crippen molar-refractivity contribution in [2.75, 3.05) is 34.4 Å². The summed E-state index contributed by atoms with van der Waals surface area (Å²) in [5.41, 5.74) is 7.31. The van der Waals surface area contributed by atoms with Crippen molar-refractivity contribution in [2.45, 2.75) is 97.3 Å². The van der Waals surface area contributed by atoms with Crippen LogP contribution in [0.2, 0.25) is 0 Å². The number of ether oxygens (including phenoxy) is 4. The number of aryl methyl sites for hydroxylation is 1. The number of alkyl carbamates (subject to hydrolysis) is 2. The number of methoxy groups -OCH3 is 3. The molecule has 7 heterocycles. The predicted octanol–water partition coefficient (Wildman–Crippen LogP) is 8.03. The van der Waals surface area contributed by atoms with Crippen LogP contribution in [0.25, 0.3) is 44.7 Å².